The van der Waals surface area contributed by atoms with Gasteiger partial charge in [0.05, 0.1) is 22.2 Å². The lowest BCUT2D eigenvalue weighted by molar-refractivity contribution is -0.160. The molecule has 0 aliphatic carbocycles. The lowest BCUT2D eigenvalue weighted by Crippen LogP contribution is -2.57. The Kier molecular flexibility index (Phi) is 8.88. The second-order valence-electron chi connectivity index (χ2n) is 11.0. The summed E-state index contributed by atoms with van der Waals surface area (Å²) in [6.45, 7) is 12.0. The average molecular weight is 559 g/mol. The summed E-state index contributed by atoms with van der Waals surface area (Å²) >= 11 is 6.52. The number of hydrogen-bond acceptors (Lipinski definition) is 6. The molecule has 1 aromatic carbocycles. The molecule has 3 heterocycles. The molecule has 0 saturated carbocycles. The maximum absolute atomic E-state index is 14.5. The van der Waals surface area contributed by atoms with Crippen molar-refractivity contribution in [1.29, 1.82) is 0 Å². The van der Waals surface area contributed by atoms with Crippen molar-refractivity contribution in [1.82, 2.24) is 4.90 Å². The summed E-state index contributed by atoms with van der Waals surface area (Å²) in [5.74, 6) is -2.84. The Labute approximate surface area is 235 Å². The first-order valence-electron chi connectivity index (χ1n) is 13.7. The molecule has 1 aromatic rings. The van der Waals surface area contributed by atoms with Gasteiger partial charge in [-0.25, -0.2) is 0 Å². The predicted molar refractivity (Wildman–Crippen MR) is 149 cm³/mol. The highest BCUT2D eigenvalue weighted by molar-refractivity contribution is 6.34. The van der Waals surface area contributed by atoms with Crippen molar-refractivity contribution in [3.05, 3.63) is 54.6 Å². The number of hydrogen-bond donors (Lipinski definition) is 1. The largest absolute Gasteiger partial charge is 0.461 e. The minimum Gasteiger partial charge on any atom is -0.461 e. The Morgan fingerprint density at radius 1 is 1.23 bits per heavy atom. The number of nitrogens with zero attached hydrogens (tertiary/aromatic N) is 2. The van der Waals surface area contributed by atoms with Crippen LogP contribution in [0.25, 0.3) is 0 Å². The van der Waals surface area contributed by atoms with Crippen molar-refractivity contribution in [2.45, 2.75) is 63.2 Å². The van der Waals surface area contributed by atoms with Crippen LogP contribution in [0.4, 0.5) is 5.69 Å². The van der Waals surface area contributed by atoms with Crippen LogP contribution in [-0.2, 0) is 23.9 Å². The molecular formula is C30H39ClN2O6. The van der Waals surface area contributed by atoms with Crippen LogP contribution >= 0.6 is 11.6 Å². The Morgan fingerprint density at radius 2 is 1.95 bits per heavy atom. The summed E-state index contributed by atoms with van der Waals surface area (Å²) in [4.78, 5) is 45.3. The average Bonchev–Trinajstić information content (AvgIpc) is 3.42. The Bertz CT molecular complexity index is 1130. The third kappa shape index (κ3) is 4.92. The number of likely N-dealkylation sites (tertiary alicyclic amines) is 1. The SMILES string of the molecule is C=CCOC(=O)[C@@H]1[C@H]2C(=O)N(CCCCCCO)C(C(=O)N(CC=C)c3ccccc3Cl)C23CC(C)[C@@]1(C)O3. The van der Waals surface area contributed by atoms with Crippen molar-refractivity contribution in [3.63, 3.8) is 0 Å². The van der Waals surface area contributed by atoms with E-state index in [1.54, 1.807) is 40.1 Å². The van der Waals surface area contributed by atoms with Crippen LogP contribution in [0.1, 0.15) is 46.0 Å². The second-order valence-corrected chi connectivity index (χ2v) is 11.4. The van der Waals surface area contributed by atoms with Crippen LogP contribution in [0, 0.1) is 17.8 Å². The summed E-state index contributed by atoms with van der Waals surface area (Å²) in [6.07, 6.45) is 6.53. The third-order valence-electron chi connectivity index (χ3n) is 8.67. The van der Waals surface area contributed by atoms with E-state index < -0.39 is 35.0 Å². The monoisotopic (exact) mass is 558 g/mol. The van der Waals surface area contributed by atoms with E-state index in [0.29, 0.717) is 36.5 Å². The molecule has 212 valence electrons. The van der Waals surface area contributed by atoms with E-state index in [1.807, 2.05) is 13.8 Å². The number of aliphatic hydroxyl groups excluding tert-OH is 1. The smallest absolute Gasteiger partial charge is 0.313 e. The molecule has 6 atom stereocenters. The zero-order valence-electron chi connectivity index (χ0n) is 22.8. The number of para-hydroxylation sites is 1. The van der Waals surface area contributed by atoms with Crippen LogP contribution < -0.4 is 4.90 Å². The Hall–Kier alpha value is -2.68. The molecule has 4 rings (SSSR count). The number of carbonyl (C=O) groups is 3. The summed E-state index contributed by atoms with van der Waals surface area (Å²) < 4.78 is 12.2. The van der Waals surface area contributed by atoms with Crippen LogP contribution in [-0.4, -0.2) is 71.3 Å². The number of rotatable bonds is 13. The number of esters is 1. The van der Waals surface area contributed by atoms with E-state index in [2.05, 4.69) is 13.2 Å². The minimum absolute atomic E-state index is 0.0320. The molecule has 0 aromatic heterocycles. The molecule has 3 aliphatic rings. The summed E-state index contributed by atoms with van der Waals surface area (Å²) in [5, 5.41) is 9.55. The minimum atomic E-state index is -1.17. The number of anilines is 1. The first-order chi connectivity index (χ1) is 18.7. The fraction of sp³-hybridized carbons (Fsp3) is 0.567. The summed E-state index contributed by atoms with van der Waals surface area (Å²) in [6, 6.07) is 6.13. The van der Waals surface area contributed by atoms with Gasteiger partial charge in [-0.15, -0.1) is 6.58 Å². The zero-order chi connectivity index (χ0) is 28.4. The second kappa shape index (κ2) is 11.8. The standard InChI is InChI=1S/C30H39ClN2O6/c1-5-15-32(22-14-10-9-13-21(22)31)27(36)25-30-19-20(3)29(4,39-30)24(28(37)38-18-6-2)23(30)26(35)33(25)16-11-7-8-12-17-34/h5-6,9-10,13-14,20,23-25,34H,1-2,7-8,11-12,15-19H2,3-4H3/t20?,23-,24-,25?,29+,30?/m0/s1. The molecule has 2 amide bonds. The van der Waals surface area contributed by atoms with Gasteiger partial charge in [-0.05, 0) is 44.2 Å². The van der Waals surface area contributed by atoms with Crippen molar-refractivity contribution < 1.29 is 29.0 Å². The molecule has 39 heavy (non-hydrogen) atoms. The number of amides is 2. The maximum atomic E-state index is 14.5. The van der Waals surface area contributed by atoms with Gasteiger partial charge in [-0.2, -0.15) is 0 Å². The van der Waals surface area contributed by atoms with Gasteiger partial charge >= 0.3 is 5.97 Å². The highest BCUT2D eigenvalue weighted by Gasteiger charge is 2.80. The molecule has 1 N–H and O–H groups in total. The quantitative estimate of drug-likeness (QED) is 0.222. The predicted octanol–water partition coefficient (Wildman–Crippen LogP) is 4.15. The van der Waals surface area contributed by atoms with E-state index >= 15 is 0 Å². The molecule has 3 fully saturated rings. The maximum Gasteiger partial charge on any atom is 0.313 e. The van der Waals surface area contributed by atoms with Gasteiger partial charge in [-0.3, -0.25) is 14.4 Å². The Morgan fingerprint density at radius 3 is 2.62 bits per heavy atom. The fourth-order valence-electron chi connectivity index (χ4n) is 6.85. The van der Waals surface area contributed by atoms with Crippen molar-refractivity contribution >= 4 is 35.1 Å². The van der Waals surface area contributed by atoms with Crippen LogP contribution in [0.3, 0.4) is 0 Å². The summed E-state index contributed by atoms with van der Waals surface area (Å²) in [7, 11) is 0. The first kappa shape index (κ1) is 29.3. The fourth-order valence-corrected chi connectivity index (χ4v) is 7.09. The normalized spacial score (nSPS) is 30.8. The van der Waals surface area contributed by atoms with E-state index in [-0.39, 0.29) is 37.5 Å². The number of unbranched alkanes of at least 4 members (excludes halogenated alkanes) is 3. The lowest BCUT2D eigenvalue weighted by Gasteiger charge is -2.37. The van der Waals surface area contributed by atoms with E-state index in [4.69, 9.17) is 26.2 Å². The number of carbonyl (C=O) groups excluding carboxylic acids is 3. The number of aliphatic hydroxyl groups is 1. The van der Waals surface area contributed by atoms with Gasteiger partial charge < -0.3 is 24.4 Å². The molecule has 2 bridgehead atoms. The lowest BCUT2D eigenvalue weighted by atomic mass is 9.62. The molecule has 0 radical (unpaired) electrons. The van der Waals surface area contributed by atoms with Crippen molar-refractivity contribution in [2.75, 3.05) is 31.2 Å². The van der Waals surface area contributed by atoms with Gasteiger partial charge in [-0.1, -0.05) is 62.2 Å². The summed E-state index contributed by atoms with van der Waals surface area (Å²) in [5.41, 5.74) is -1.60. The van der Waals surface area contributed by atoms with Crippen LogP contribution in [0.5, 0.6) is 0 Å². The first-order valence-corrected chi connectivity index (χ1v) is 14.1. The third-order valence-corrected chi connectivity index (χ3v) is 8.99. The molecule has 3 aliphatic heterocycles. The zero-order valence-corrected chi connectivity index (χ0v) is 23.6. The van der Waals surface area contributed by atoms with Gasteiger partial charge in [0.2, 0.25) is 5.91 Å². The van der Waals surface area contributed by atoms with Crippen LogP contribution in [0.15, 0.2) is 49.6 Å². The molecule has 8 nitrogen and oxygen atoms in total. The molecular weight excluding hydrogens is 520 g/mol. The van der Waals surface area contributed by atoms with Gasteiger partial charge in [0.1, 0.15) is 24.2 Å². The highest BCUT2D eigenvalue weighted by Crippen LogP contribution is 2.65. The van der Waals surface area contributed by atoms with Gasteiger partial charge in [0.15, 0.2) is 0 Å². The molecule has 3 saturated heterocycles. The van der Waals surface area contributed by atoms with E-state index in [1.165, 1.54) is 6.08 Å². The number of halogens is 1. The van der Waals surface area contributed by atoms with Gasteiger partial charge in [0, 0.05) is 19.7 Å². The van der Waals surface area contributed by atoms with E-state index in [0.717, 1.165) is 12.8 Å². The van der Waals surface area contributed by atoms with Gasteiger partial charge in [0.25, 0.3) is 5.91 Å². The van der Waals surface area contributed by atoms with Crippen molar-refractivity contribution in [2.24, 2.45) is 17.8 Å². The number of benzene rings is 1. The van der Waals surface area contributed by atoms with Crippen LogP contribution in [0.2, 0.25) is 5.02 Å². The number of ether oxygens (including phenoxy) is 2. The highest BCUT2D eigenvalue weighted by atomic mass is 35.5. The topological polar surface area (TPSA) is 96.4 Å². The number of fused-ring (bicyclic) bond motifs is 1. The molecule has 9 heteroatoms. The molecule has 3 unspecified atom stereocenters. The van der Waals surface area contributed by atoms with E-state index in [9.17, 15) is 14.4 Å². The molecule has 1 spiro atoms. The van der Waals surface area contributed by atoms with Crippen molar-refractivity contribution in [3.8, 4) is 0 Å². The Balaban J connectivity index is 1.77.